The number of imidazole rings is 1. The monoisotopic (exact) mass is 282 g/mol. The number of carboxylic acids is 1. The molecule has 0 fully saturated rings. The summed E-state index contributed by atoms with van der Waals surface area (Å²) in [4.78, 5) is 14.8. The third-order valence-electron chi connectivity index (χ3n) is 2.55. The van der Waals surface area contributed by atoms with Crippen LogP contribution >= 0.6 is 23.1 Å². The van der Waals surface area contributed by atoms with E-state index in [1.165, 1.54) is 17.3 Å². The third kappa shape index (κ3) is 3.36. The van der Waals surface area contributed by atoms with Gasteiger partial charge in [0.2, 0.25) is 0 Å². The Balaban J connectivity index is 2.02. The molecule has 0 saturated heterocycles. The van der Waals surface area contributed by atoms with Gasteiger partial charge < -0.3 is 9.67 Å². The molecule has 0 aromatic carbocycles. The van der Waals surface area contributed by atoms with Crippen molar-refractivity contribution >= 4 is 29.1 Å². The van der Waals surface area contributed by atoms with Gasteiger partial charge in [0.1, 0.15) is 0 Å². The molecule has 2 rings (SSSR count). The zero-order valence-electron chi connectivity index (χ0n) is 10.00. The number of thioether (sulfide) groups is 1. The second-order valence-corrected chi connectivity index (χ2v) is 5.62. The fourth-order valence-electron chi connectivity index (χ4n) is 1.63. The molecule has 0 aliphatic carbocycles. The number of thiophene rings is 1. The van der Waals surface area contributed by atoms with Crippen molar-refractivity contribution in [2.45, 2.75) is 25.0 Å². The van der Waals surface area contributed by atoms with Crippen molar-refractivity contribution in [1.82, 2.24) is 9.55 Å². The van der Waals surface area contributed by atoms with Crippen molar-refractivity contribution in [3.63, 3.8) is 0 Å². The summed E-state index contributed by atoms with van der Waals surface area (Å²) in [6, 6.07) is 2.11. The molecule has 0 saturated carbocycles. The maximum absolute atomic E-state index is 10.6. The van der Waals surface area contributed by atoms with Gasteiger partial charge in [-0.25, -0.2) is 4.98 Å². The van der Waals surface area contributed by atoms with Crippen LogP contribution in [0.3, 0.4) is 0 Å². The van der Waals surface area contributed by atoms with Gasteiger partial charge in [-0.15, -0.1) is 0 Å². The number of carboxylic acid groups (broad SMARTS) is 1. The van der Waals surface area contributed by atoms with Crippen LogP contribution in [0, 0.1) is 6.92 Å². The van der Waals surface area contributed by atoms with Crippen LogP contribution in [-0.4, -0.2) is 26.4 Å². The highest BCUT2D eigenvalue weighted by atomic mass is 32.2. The van der Waals surface area contributed by atoms with E-state index in [1.54, 1.807) is 17.5 Å². The Morgan fingerprint density at radius 3 is 3.11 bits per heavy atom. The van der Waals surface area contributed by atoms with Crippen molar-refractivity contribution in [2.24, 2.45) is 0 Å². The molecule has 2 aromatic rings. The van der Waals surface area contributed by atoms with E-state index in [0.29, 0.717) is 0 Å². The molecule has 2 aromatic heterocycles. The SMILES string of the molecule is Cc1cnc(SCC(=O)O)n1CCc1ccsc1. The lowest BCUT2D eigenvalue weighted by atomic mass is 10.2. The molecule has 0 atom stereocenters. The summed E-state index contributed by atoms with van der Waals surface area (Å²) in [5.41, 5.74) is 2.38. The number of hydrogen-bond donors (Lipinski definition) is 1. The molecule has 0 aliphatic heterocycles. The van der Waals surface area contributed by atoms with Gasteiger partial charge in [-0.1, -0.05) is 11.8 Å². The molecule has 96 valence electrons. The van der Waals surface area contributed by atoms with Crippen LogP contribution in [0.15, 0.2) is 28.2 Å². The number of rotatable bonds is 6. The predicted molar refractivity (Wildman–Crippen MR) is 73.3 cm³/mol. The summed E-state index contributed by atoms with van der Waals surface area (Å²) in [7, 11) is 0. The fraction of sp³-hybridized carbons (Fsp3) is 0.333. The standard InChI is InChI=1S/C12H14N2O2S2/c1-9-6-13-12(18-8-11(15)16)14(9)4-2-10-3-5-17-7-10/h3,5-7H,2,4,8H2,1H3,(H,15,16). The van der Waals surface area contributed by atoms with Gasteiger partial charge in [-0.3, -0.25) is 4.79 Å². The van der Waals surface area contributed by atoms with Crippen LogP contribution in [0.2, 0.25) is 0 Å². The topological polar surface area (TPSA) is 55.1 Å². The molecule has 1 N–H and O–H groups in total. The highest BCUT2D eigenvalue weighted by Gasteiger charge is 2.09. The lowest BCUT2D eigenvalue weighted by Crippen LogP contribution is -2.06. The number of hydrogen-bond acceptors (Lipinski definition) is 4. The van der Waals surface area contributed by atoms with Gasteiger partial charge in [-0.05, 0) is 35.7 Å². The quantitative estimate of drug-likeness (QED) is 0.828. The Morgan fingerprint density at radius 1 is 1.61 bits per heavy atom. The number of carbonyl (C=O) groups is 1. The fourth-order valence-corrected chi connectivity index (χ4v) is 3.10. The van der Waals surface area contributed by atoms with E-state index in [0.717, 1.165) is 23.8 Å². The summed E-state index contributed by atoms with van der Waals surface area (Å²) in [6.45, 7) is 2.83. The highest BCUT2D eigenvalue weighted by molar-refractivity contribution is 7.99. The maximum atomic E-state index is 10.6. The molecule has 18 heavy (non-hydrogen) atoms. The first-order valence-electron chi connectivity index (χ1n) is 5.54. The van der Waals surface area contributed by atoms with E-state index >= 15 is 0 Å². The average molecular weight is 282 g/mol. The largest absolute Gasteiger partial charge is 0.481 e. The summed E-state index contributed by atoms with van der Waals surface area (Å²) in [6.07, 6.45) is 2.74. The van der Waals surface area contributed by atoms with Gasteiger partial charge >= 0.3 is 5.97 Å². The number of aromatic nitrogens is 2. The Morgan fingerprint density at radius 2 is 2.44 bits per heavy atom. The lowest BCUT2D eigenvalue weighted by Gasteiger charge is -2.08. The molecule has 0 spiro atoms. The van der Waals surface area contributed by atoms with E-state index in [4.69, 9.17) is 5.11 Å². The van der Waals surface area contributed by atoms with Gasteiger partial charge in [0.15, 0.2) is 5.16 Å². The van der Waals surface area contributed by atoms with Crippen molar-refractivity contribution in [1.29, 1.82) is 0 Å². The Bertz CT molecular complexity index is 520. The van der Waals surface area contributed by atoms with E-state index < -0.39 is 5.97 Å². The van der Waals surface area contributed by atoms with E-state index in [-0.39, 0.29) is 5.75 Å². The molecule has 0 aliphatic rings. The minimum atomic E-state index is -0.815. The van der Waals surface area contributed by atoms with Gasteiger partial charge in [-0.2, -0.15) is 11.3 Å². The van der Waals surface area contributed by atoms with Crippen LogP contribution in [0.1, 0.15) is 11.3 Å². The van der Waals surface area contributed by atoms with Crippen molar-refractivity contribution in [3.05, 3.63) is 34.3 Å². The molecule has 0 unspecified atom stereocenters. The third-order valence-corrected chi connectivity index (χ3v) is 4.25. The first-order chi connectivity index (χ1) is 8.66. The second kappa shape index (κ2) is 6.06. The molecular weight excluding hydrogens is 268 g/mol. The summed E-state index contributed by atoms with van der Waals surface area (Å²) >= 11 is 2.96. The average Bonchev–Trinajstić information content (AvgIpc) is 2.94. The van der Waals surface area contributed by atoms with Crippen molar-refractivity contribution < 1.29 is 9.90 Å². The smallest absolute Gasteiger partial charge is 0.313 e. The van der Waals surface area contributed by atoms with E-state index in [9.17, 15) is 4.79 Å². The van der Waals surface area contributed by atoms with E-state index in [1.807, 2.05) is 6.92 Å². The van der Waals surface area contributed by atoms with Crippen LogP contribution in [-0.2, 0) is 17.8 Å². The summed E-state index contributed by atoms with van der Waals surface area (Å²) in [5, 5.41) is 13.7. The lowest BCUT2D eigenvalue weighted by molar-refractivity contribution is -0.133. The molecule has 0 bridgehead atoms. The molecule has 6 heteroatoms. The first-order valence-corrected chi connectivity index (χ1v) is 7.47. The van der Waals surface area contributed by atoms with Crippen LogP contribution in [0.4, 0.5) is 0 Å². The zero-order chi connectivity index (χ0) is 13.0. The van der Waals surface area contributed by atoms with E-state index in [2.05, 4.69) is 26.4 Å². The van der Waals surface area contributed by atoms with Crippen LogP contribution in [0.5, 0.6) is 0 Å². The summed E-state index contributed by atoms with van der Waals surface area (Å²) < 4.78 is 2.07. The Hall–Kier alpha value is -1.27. The van der Waals surface area contributed by atoms with Gasteiger partial charge in [0, 0.05) is 18.4 Å². The first kappa shape index (κ1) is 13.2. The molecule has 0 amide bonds. The second-order valence-electron chi connectivity index (χ2n) is 3.90. The molecule has 0 radical (unpaired) electrons. The minimum absolute atomic E-state index is 0.0505. The highest BCUT2D eigenvalue weighted by Crippen LogP contribution is 2.19. The van der Waals surface area contributed by atoms with Gasteiger partial charge in [0.05, 0.1) is 5.75 Å². The molecule has 4 nitrogen and oxygen atoms in total. The normalized spacial score (nSPS) is 10.7. The Labute approximate surface area is 114 Å². The molecular formula is C12H14N2O2S2. The zero-order valence-corrected chi connectivity index (χ0v) is 11.6. The number of aryl methyl sites for hydroxylation is 2. The summed E-state index contributed by atoms with van der Waals surface area (Å²) in [5.74, 6) is -0.764. The minimum Gasteiger partial charge on any atom is -0.481 e. The van der Waals surface area contributed by atoms with Gasteiger partial charge in [0.25, 0.3) is 0 Å². The predicted octanol–water partition coefficient (Wildman–Crippen LogP) is 2.67. The van der Waals surface area contributed by atoms with Crippen molar-refractivity contribution in [3.8, 4) is 0 Å². The Kier molecular flexibility index (Phi) is 4.43. The molecule has 2 heterocycles. The van der Waals surface area contributed by atoms with Crippen LogP contribution < -0.4 is 0 Å². The number of nitrogens with zero attached hydrogens (tertiary/aromatic N) is 2. The van der Waals surface area contributed by atoms with Crippen LogP contribution in [0.25, 0.3) is 0 Å². The van der Waals surface area contributed by atoms with Crippen molar-refractivity contribution in [2.75, 3.05) is 5.75 Å². The maximum Gasteiger partial charge on any atom is 0.313 e. The number of aliphatic carboxylic acids is 1.